The first-order valence-corrected chi connectivity index (χ1v) is 11.3. The van der Waals surface area contributed by atoms with Gasteiger partial charge >= 0.3 is 12.1 Å². The van der Waals surface area contributed by atoms with Gasteiger partial charge in [0.25, 0.3) is 0 Å². The van der Waals surface area contributed by atoms with E-state index in [1.807, 2.05) is 0 Å². The maximum Gasteiger partial charge on any atom is 0.483 e. The van der Waals surface area contributed by atoms with Crippen LogP contribution in [0.4, 0.5) is 8.78 Å². The molecule has 0 heterocycles. The summed E-state index contributed by atoms with van der Waals surface area (Å²) in [5, 5.41) is 0. The van der Waals surface area contributed by atoms with Crippen LogP contribution < -0.4 is 0 Å². The summed E-state index contributed by atoms with van der Waals surface area (Å²) < 4.78 is 35.9. The number of ether oxygens (including phenoxy) is 1. The van der Waals surface area contributed by atoms with Crippen molar-refractivity contribution in [3.8, 4) is 0 Å². The molecule has 1 aromatic carbocycles. The Morgan fingerprint density at radius 3 is 2.43 bits per heavy atom. The molecule has 2 unspecified atom stereocenters. The van der Waals surface area contributed by atoms with Crippen LogP contribution in [0, 0.1) is 17.3 Å². The zero-order valence-electron chi connectivity index (χ0n) is 17.4. The van der Waals surface area contributed by atoms with Gasteiger partial charge in [0.05, 0.1) is 6.61 Å². The minimum atomic E-state index is -4.16. The smallest absolute Gasteiger partial charge is 0.459 e. The molecule has 0 aliphatic heterocycles. The van der Waals surface area contributed by atoms with Crippen LogP contribution in [0.15, 0.2) is 24.3 Å². The van der Waals surface area contributed by atoms with Crippen LogP contribution in [-0.2, 0) is 30.6 Å². The molecule has 4 saturated carbocycles. The van der Waals surface area contributed by atoms with Crippen molar-refractivity contribution in [1.82, 2.24) is 0 Å². The molecule has 1 aromatic rings. The highest BCUT2D eigenvalue weighted by Crippen LogP contribution is 2.65. The van der Waals surface area contributed by atoms with Crippen LogP contribution in [0.25, 0.3) is 0 Å². The Bertz CT molecular complexity index is 753. The molecule has 0 aromatic heterocycles. The van der Waals surface area contributed by atoms with Gasteiger partial charge in [0.15, 0.2) is 0 Å². The third-order valence-electron chi connectivity index (χ3n) is 7.46. The molecule has 0 spiro atoms. The molecule has 166 valence electrons. The summed E-state index contributed by atoms with van der Waals surface area (Å²) >= 11 is 3.12. The fourth-order valence-electron chi connectivity index (χ4n) is 6.75. The van der Waals surface area contributed by atoms with Gasteiger partial charge in [-0.3, -0.25) is 0 Å². The van der Waals surface area contributed by atoms with E-state index in [4.69, 9.17) is 4.74 Å². The highest BCUT2D eigenvalue weighted by atomic mass is 32.1. The summed E-state index contributed by atoms with van der Waals surface area (Å²) in [6, 6.07) is 9.02. The summed E-state index contributed by atoms with van der Waals surface area (Å²) in [5.41, 5.74) is 2.54. The predicted molar refractivity (Wildman–Crippen MR) is 111 cm³/mol. The van der Waals surface area contributed by atoms with Crippen LogP contribution in [0.5, 0.6) is 0 Å². The van der Waals surface area contributed by atoms with Crippen molar-refractivity contribution >= 4 is 18.9 Å². The molecule has 4 bridgehead atoms. The summed E-state index contributed by atoms with van der Waals surface area (Å²) in [5.74, 6) is -0.605. The molecular formula is C23H30F2O4S. The Hall–Kier alpha value is -1.18. The molecule has 4 aliphatic carbocycles. The largest absolute Gasteiger partial charge is 0.483 e. The molecule has 0 radical (unpaired) electrons. The quantitative estimate of drug-likeness (QED) is 0.173. The van der Waals surface area contributed by atoms with Crippen molar-refractivity contribution < 1.29 is 27.5 Å². The van der Waals surface area contributed by atoms with Gasteiger partial charge in [-0.05, 0) is 79.7 Å². The standard InChI is InChI=1S/C23H30F2O4S/c1-2-3-4-16-5-7-19(8-6-16)22-12-17-9-18(13-22)11-21(10-17,14-22)15-27-20(26)23(24,25)28-29-30/h5-8,17-18,30H,2-4,9-15H2,1H3. The number of hydrogen-bond donors (Lipinski definition) is 1. The molecule has 0 amide bonds. The number of hydrogen-bond acceptors (Lipinski definition) is 5. The molecular weight excluding hydrogens is 410 g/mol. The minimum absolute atomic E-state index is 0.000683. The zero-order valence-corrected chi connectivity index (χ0v) is 18.3. The summed E-state index contributed by atoms with van der Waals surface area (Å²) in [6.45, 7) is 2.20. The van der Waals surface area contributed by atoms with Crippen molar-refractivity contribution in [2.24, 2.45) is 17.3 Å². The summed E-state index contributed by atoms with van der Waals surface area (Å²) in [4.78, 5) is 15.5. The van der Waals surface area contributed by atoms with Crippen LogP contribution >= 0.6 is 12.9 Å². The lowest BCUT2D eigenvalue weighted by atomic mass is 9.43. The Morgan fingerprint density at radius 1 is 1.17 bits per heavy atom. The number of alkyl halides is 2. The number of carbonyl (C=O) groups is 1. The van der Waals surface area contributed by atoms with Gasteiger partial charge in [-0.1, -0.05) is 37.6 Å². The number of esters is 1. The Labute approximate surface area is 182 Å². The van der Waals surface area contributed by atoms with E-state index in [1.165, 1.54) is 30.4 Å². The van der Waals surface area contributed by atoms with Crippen LogP contribution in [0.1, 0.15) is 69.4 Å². The fraction of sp³-hybridized carbons (Fsp3) is 0.696. The van der Waals surface area contributed by atoms with Crippen molar-refractivity contribution in [3.63, 3.8) is 0 Å². The van der Waals surface area contributed by atoms with Gasteiger partial charge in [0, 0.05) is 18.3 Å². The summed E-state index contributed by atoms with van der Waals surface area (Å²) in [7, 11) is 0. The number of aryl methyl sites for hydroxylation is 1. The van der Waals surface area contributed by atoms with E-state index in [0.717, 1.165) is 38.5 Å². The van der Waals surface area contributed by atoms with Crippen LogP contribution in [0.3, 0.4) is 0 Å². The molecule has 4 nitrogen and oxygen atoms in total. The van der Waals surface area contributed by atoms with E-state index in [1.54, 1.807) is 0 Å². The van der Waals surface area contributed by atoms with E-state index >= 15 is 0 Å². The second kappa shape index (κ2) is 8.40. The minimum Gasteiger partial charge on any atom is -0.459 e. The average Bonchev–Trinajstić information content (AvgIpc) is 2.70. The topological polar surface area (TPSA) is 44.8 Å². The van der Waals surface area contributed by atoms with Crippen molar-refractivity contribution in [2.75, 3.05) is 6.61 Å². The van der Waals surface area contributed by atoms with Gasteiger partial charge < -0.3 is 4.74 Å². The second-order valence-electron chi connectivity index (χ2n) is 9.79. The normalized spacial score (nSPS) is 32.4. The Balaban J connectivity index is 1.50. The van der Waals surface area contributed by atoms with E-state index in [2.05, 4.69) is 53.3 Å². The lowest BCUT2D eigenvalue weighted by molar-refractivity contribution is -0.369. The van der Waals surface area contributed by atoms with Crippen molar-refractivity contribution in [1.29, 1.82) is 0 Å². The molecule has 5 rings (SSSR count). The molecule has 4 fully saturated rings. The number of benzene rings is 1. The van der Waals surface area contributed by atoms with Crippen LogP contribution in [0.2, 0.25) is 0 Å². The highest BCUT2D eigenvalue weighted by molar-refractivity contribution is 7.74. The molecule has 7 heteroatoms. The maximum atomic E-state index is 13.6. The molecule has 0 N–H and O–H groups in total. The van der Waals surface area contributed by atoms with E-state index in [9.17, 15) is 13.6 Å². The van der Waals surface area contributed by atoms with Gasteiger partial charge in [0.1, 0.15) is 0 Å². The van der Waals surface area contributed by atoms with Gasteiger partial charge in [-0.2, -0.15) is 13.1 Å². The highest BCUT2D eigenvalue weighted by Gasteiger charge is 2.59. The molecule has 4 aliphatic rings. The first-order chi connectivity index (χ1) is 14.3. The third kappa shape index (κ3) is 4.26. The van der Waals surface area contributed by atoms with Gasteiger partial charge in [-0.25, -0.2) is 4.79 Å². The van der Waals surface area contributed by atoms with Crippen molar-refractivity contribution in [2.45, 2.75) is 76.2 Å². The molecule has 0 saturated heterocycles. The maximum absolute atomic E-state index is 13.6. The predicted octanol–water partition coefficient (Wildman–Crippen LogP) is 5.80. The lowest BCUT2D eigenvalue weighted by Crippen LogP contribution is -2.56. The third-order valence-corrected chi connectivity index (χ3v) is 7.53. The van der Waals surface area contributed by atoms with E-state index in [-0.39, 0.29) is 17.4 Å². The molecule has 30 heavy (non-hydrogen) atoms. The second-order valence-corrected chi connectivity index (χ2v) is 9.94. The van der Waals surface area contributed by atoms with Crippen LogP contribution in [-0.4, -0.2) is 18.7 Å². The number of unbranched alkanes of at least 4 members (excludes halogenated alkanes) is 1. The number of rotatable bonds is 9. The van der Waals surface area contributed by atoms with E-state index in [0.29, 0.717) is 11.8 Å². The van der Waals surface area contributed by atoms with E-state index < -0.39 is 12.1 Å². The Morgan fingerprint density at radius 2 is 1.83 bits per heavy atom. The lowest BCUT2D eigenvalue weighted by Gasteiger charge is -2.62. The average molecular weight is 441 g/mol. The molecule has 2 atom stereocenters. The zero-order chi connectivity index (χ0) is 21.4. The fourth-order valence-corrected chi connectivity index (χ4v) is 6.84. The Kier molecular flexibility index (Phi) is 6.17. The first-order valence-electron chi connectivity index (χ1n) is 10.9. The van der Waals surface area contributed by atoms with Gasteiger partial charge in [-0.15, -0.1) is 4.89 Å². The summed E-state index contributed by atoms with van der Waals surface area (Å²) in [6.07, 6.45) is 5.53. The number of thiol groups is 1. The first kappa shape index (κ1) is 22.0. The van der Waals surface area contributed by atoms with Gasteiger partial charge in [0.2, 0.25) is 0 Å². The monoisotopic (exact) mass is 440 g/mol. The SMILES string of the molecule is CCCCc1ccc(C23CC4CC(CC(COC(=O)C(F)(F)OOS)(C4)C2)C3)cc1. The van der Waals surface area contributed by atoms with Crippen molar-refractivity contribution in [3.05, 3.63) is 35.4 Å². The number of halogens is 2. The number of carbonyl (C=O) groups excluding carboxylic acids is 1.